The zero-order valence-electron chi connectivity index (χ0n) is 15.1. The van der Waals surface area contributed by atoms with E-state index in [2.05, 4.69) is 25.5 Å². The molecule has 1 aliphatic carbocycles. The minimum Gasteiger partial charge on any atom is -0.433 e. The van der Waals surface area contributed by atoms with Gasteiger partial charge in [-0.3, -0.25) is 0 Å². The summed E-state index contributed by atoms with van der Waals surface area (Å²) < 4.78 is 58.0. The van der Waals surface area contributed by atoms with Crippen LogP contribution in [0, 0.1) is 10.8 Å². The highest BCUT2D eigenvalue weighted by Crippen LogP contribution is 2.53. The van der Waals surface area contributed by atoms with Gasteiger partial charge in [0.15, 0.2) is 0 Å². The maximum Gasteiger partial charge on any atom is 0.394 e. The molecule has 4 nitrogen and oxygen atoms in total. The topological polar surface area (TPSA) is 46.6 Å². The van der Waals surface area contributed by atoms with Crippen LogP contribution in [-0.2, 0) is 10.0 Å². The second-order valence-corrected chi connectivity index (χ2v) is 10.5. The second kappa shape index (κ2) is 5.64. The van der Waals surface area contributed by atoms with Crippen LogP contribution in [0.1, 0.15) is 47.0 Å². The first kappa shape index (κ1) is 18.6. The van der Waals surface area contributed by atoms with Crippen LogP contribution in [0.5, 0.6) is 5.75 Å². The number of fused-ring (bicyclic) bond motifs is 2. The van der Waals surface area contributed by atoms with Gasteiger partial charge in [0.1, 0.15) is 5.75 Å². The summed E-state index contributed by atoms with van der Waals surface area (Å²) in [7, 11) is -3.65. The summed E-state index contributed by atoms with van der Waals surface area (Å²) >= 11 is 0. The van der Waals surface area contributed by atoms with E-state index in [0.717, 1.165) is 19.3 Å². The third-order valence-electron chi connectivity index (χ3n) is 5.09. The van der Waals surface area contributed by atoms with Gasteiger partial charge in [-0.05, 0) is 54.4 Å². The number of rotatable bonds is 4. The smallest absolute Gasteiger partial charge is 0.394 e. The van der Waals surface area contributed by atoms with Gasteiger partial charge in [0, 0.05) is 19.5 Å². The lowest BCUT2D eigenvalue weighted by Gasteiger charge is -2.39. The van der Waals surface area contributed by atoms with E-state index in [1.54, 1.807) is 4.31 Å². The molecule has 0 N–H and O–H groups in total. The molecule has 2 unspecified atom stereocenters. The van der Waals surface area contributed by atoms with Crippen LogP contribution < -0.4 is 4.74 Å². The van der Waals surface area contributed by atoms with E-state index in [1.165, 1.54) is 24.3 Å². The number of hydrogen-bond acceptors (Lipinski definition) is 3. The Balaban J connectivity index is 1.85. The fourth-order valence-electron chi connectivity index (χ4n) is 4.71. The zero-order chi connectivity index (χ0) is 18.7. The first-order valence-corrected chi connectivity index (χ1v) is 9.93. The van der Waals surface area contributed by atoms with Crippen LogP contribution in [-0.4, -0.2) is 31.4 Å². The second-order valence-electron chi connectivity index (χ2n) is 8.65. The fourth-order valence-corrected chi connectivity index (χ4v) is 6.49. The highest BCUT2D eigenvalue weighted by Gasteiger charge is 2.53. The Morgan fingerprint density at radius 1 is 1.16 bits per heavy atom. The van der Waals surface area contributed by atoms with Gasteiger partial charge in [-0.1, -0.05) is 20.8 Å². The van der Waals surface area contributed by atoms with Crippen LogP contribution in [0.3, 0.4) is 0 Å². The van der Waals surface area contributed by atoms with Gasteiger partial charge >= 0.3 is 6.11 Å². The van der Waals surface area contributed by atoms with Crippen molar-refractivity contribution in [1.29, 1.82) is 0 Å². The maximum absolute atomic E-state index is 13.1. The van der Waals surface area contributed by atoms with E-state index in [0.29, 0.717) is 13.5 Å². The van der Waals surface area contributed by atoms with E-state index < -0.39 is 16.1 Å². The molecule has 2 atom stereocenters. The number of halogens is 2. The Kier molecular flexibility index (Phi) is 4.19. The number of nitrogens with zero attached hydrogens (tertiary/aromatic N) is 1. The predicted octanol–water partition coefficient (Wildman–Crippen LogP) is 4.27. The average molecular weight is 373 g/mol. The lowest BCUT2D eigenvalue weighted by molar-refractivity contribution is -0.158. The van der Waals surface area contributed by atoms with Crippen molar-refractivity contribution in [2.24, 2.45) is 10.8 Å². The molecule has 1 saturated heterocycles. The quantitative estimate of drug-likeness (QED) is 0.792. The van der Waals surface area contributed by atoms with Crippen molar-refractivity contribution < 1.29 is 21.9 Å². The molecule has 1 aromatic rings. The summed E-state index contributed by atoms with van der Waals surface area (Å²) in [4.78, 5) is 0.119. The third kappa shape index (κ3) is 3.82. The molecular weight excluding hydrogens is 348 g/mol. The Morgan fingerprint density at radius 3 is 2.32 bits per heavy atom. The van der Waals surface area contributed by atoms with Gasteiger partial charge in [0.25, 0.3) is 0 Å². The van der Waals surface area contributed by atoms with E-state index in [1.807, 2.05) is 0 Å². The van der Waals surface area contributed by atoms with Crippen LogP contribution >= 0.6 is 0 Å². The summed E-state index contributed by atoms with van der Waals surface area (Å²) in [6.45, 7) is 7.67. The standard InChI is InChI=1S/C18H25F2NO3S/c1-16(2)9-13-10-17(3,11-16)12-21(13)25(22,23)15-7-5-14(6-8-15)24-18(4,19)20/h5-8,13H,9-12H2,1-4H3. The fraction of sp³-hybridized carbons (Fsp3) is 0.667. The highest BCUT2D eigenvalue weighted by molar-refractivity contribution is 7.89. The minimum absolute atomic E-state index is 0.00495. The molecule has 2 fully saturated rings. The molecule has 1 heterocycles. The molecule has 0 amide bonds. The molecule has 1 aliphatic heterocycles. The Bertz CT molecular complexity index is 756. The molecule has 7 heteroatoms. The van der Waals surface area contributed by atoms with Gasteiger partial charge in [-0.15, -0.1) is 0 Å². The molecule has 0 radical (unpaired) electrons. The minimum atomic E-state index is -3.65. The van der Waals surface area contributed by atoms with E-state index in [9.17, 15) is 17.2 Å². The molecule has 0 aromatic heterocycles. The molecule has 25 heavy (non-hydrogen) atoms. The average Bonchev–Trinajstić information content (AvgIpc) is 2.67. The molecule has 2 bridgehead atoms. The van der Waals surface area contributed by atoms with Gasteiger partial charge in [-0.2, -0.15) is 13.1 Å². The summed E-state index contributed by atoms with van der Waals surface area (Å²) in [5, 5.41) is 0. The molecule has 0 spiro atoms. The number of alkyl halides is 2. The van der Waals surface area contributed by atoms with Crippen molar-refractivity contribution in [2.75, 3.05) is 6.54 Å². The lowest BCUT2D eigenvalue weighted by atomic mass is 9.65. The Hall–Kier alpha value is -1.21. The predicted molar refractivity (Wildman–Crippen MR) is 91.1 cm³/mol. The maximum atomic E-state index is 13.1. The summed E-state index contributed by atoms with van der Waals surface area (Å²) in [6, 6.07) is 5.23. The van der Waals surface area contributed by atoms with Crippen LogP contribution in [0.15, 0.2) is 29.2 Å². The van der Waals surface area contributed by atoms with Crippen molar-refractivity contribution in [3.05, 3.63) is 24.3 Å². The monoisotopic (exact) mass is 373 g/mol. The lowest BCUT2D eigenvalue weighted by Crippen LogP contribution is -2.37. The van der Waals surface area contributed by atoms with Crippen LogP contribution in [0.2, 0.25) is 0 Å². The molecule has 140 valence electrons. The number of benzene rings is 1. The van der Waals surface area contributed by atoms with Gasteiger partial charge in [0.2, 0.25) is 10.0 Å². The van der Waals surface area contributed by atoms with E-state index in [4.69, 9.17) is 0 Å². The summed E-state index contributed by atoms with van der Waals surface area (Å²) in [5.74, 6) is -0.0558. The third-order valence-corrected chi connectivity index (χ3v) is 7.01. The van der Waals surface area contributed by atoms with Crippen LogP contribution in [0.4, 0.5) is 8.78 Å². The molecule has 1 aromatic carbocycles. The largest absolute Gasteiger partial charge is 0.433 e. The van der Waals surface area contributed by atoms with Crippen molar-refractivity contribution in [1.82, 2.24) is 4.31 Å². The zero-order valence-corrected chi connectivity index (χ0v) is 15.9. The van der Waals surface area contributed by atoms with Gasteiger partial charge in [0.05, 0.1) is 4.90 Å². The van der Waals surface area contributed by atoms with Crippen molar-refractivity contribution in [2.45, 2.75) is 64.0 Å². The Morgan fingerprint density at radius 2 is 1.76 bits per heavy atom. The molecule has 1 saturated carbocycles. The number of ether oxygens (including phenoxy) is 1. The summed E-state index contributed by atoms with van der Waals surface area (Å²) in [5.41, 5.74) is 0.110. The van der Waals surface area contributed by atoms with E-state index >= 15 is 0 Å². The highest BCUT2D eigenvalue weighted by atomic mass is 32.2. The van der Waals surface area contributed by atoms with Crippen molar-refractivity contribution in [3.8, 4) is 5.75 Å². The van der Waals surface area contributed by atoms with Crippen LogP contribution in [0.25, 0.3) is 0 Å². The SMILES string of the molecule is CC1(C)CC2CC(C)(CN2S(=O)(=O)c2ccc(OC(C)(F)F)cc2)C1. The first-order chi connectivity index (χ1) is 11.3. The summed E-state index contributed by atoms with van der Waals surface area (Å²) in [6.07, 6.45) is -0.586. The normalized spacial score (nSPS) is 29.6. The molecule has 3 rings (SSSR count). The first-order valence-electron chi connectivity index (χ1n) is 8.49. The number of hydrogen-bond donors (Lipinski definition) is 0. The van der Waals surface area contributed by atoms with Crippen molar-refractivity contribution in [3.63, 3.8) is 0 Å². The van der Waals surface area contributed by atoms with E-state index in [-0.39, 0.29) is 27.5 Å². The van der Waals surface area contributed by atoms with Gasteiger partial charge < -0.3 is 4.74 Å². The molecule has 2 aliphatic rings. The molecular formula is C18H25F2NO3S. The van der Waals surface area contributed by atoms with Gasteiger partial charge in [-0.25, -0.2) is 8.42 Å². The van der Waals surface area contributed by atoms with Crippen molar-refractivity contribution >= 4 is 10.0 Å². The number of sulfonamides is 1. The Labute approximate surface area is 148 Å².